The van der Waals surface area contributed by atoms with Gasteiger partial charge < -0.3 is 0 Å². The van der Waals surface area contributed by atoms with Gasteiger partial charge in [-0.05, 0) is 18.6 Å². The van der Waals surface area contributed by atoms with E-state index in [4.69, 9.17) is 11.6 Å². The van der Waals surface area contributed by atoms with Gasteiger partial charge in [-0.15, -0.1) is 0 Å². The molecule has 2 rings (SSSR count). The van der Waals surface area contributed by atoms with Gasteiger partial charge in [-0.3, -0.25) is 14.9 Å². The normalized spacial score (nSPS) is 10.5. The highest BCUT2D eigenvalue weighted by molar-refractivity contribution is 6.32. The lowest BCUT2D eigenvalue weighted by molar-refractivity contribution is 0.568. The van der Waals surface area contributed by atoms with Crippen molar-refractivity contribution in [2.24, 2.45) is 0 Å². The van der Waals surface area contributed by atoms with Crippen molar-refractivity contribution in [2.45, 2.75) is 19.9 Å². The molecule has 17 heavy (non-hydrogen) atoms. The number of aryl methyl sites for hydroxylation is 1. The van der Waals surface area contributed by atoms with Crippen molar-refractivity contribution >= 4 is 17.3 Å². The monoisotopic (exact) mass is 252 g/mol. The molecule has 0 aliphatic heterocycles. The highest BCUT2D eigenvalue weighted by Crippen LogP contribution is 2.15. The Hall–Kier alpha value is -1.75. The summed E-state index contributed by atoms with van der Waals surface area (Å²) in [6, 6.07) is 3.74. The predicted molar refractivity (Wildman–Crippen MR) is 67.3 cm³/mol. The lowest BCUT2D eigenvalue weighted by Gasteiger charge is -2.10. The fraction of sp³-hybridized carbons (Fsp3) is 0.273. The zero-order chi connectivity index (χ0) is 12.3. The molecule has 0 unspecified atom stereocenters. The lowest BCUT2D eigenvalue weighted by atomic mass is 10.4. The van der Waals surface area contributed by atoms with Crippen molar-refractivity contribution in [2.75, 3.05) is 5.43 Å². The second kappa shape index (κ2) is 5.05. The summed E-state index contributed by atoms with van der Waals surface area (Å²) in [5.41, 5.74) is 3.20. The van der Waals surface area contributed by atoms with E-state index in [9.17, 15) is 4.79 Å². The van der Waals surface area contributed by atoms with Gasteiger partial charge in [0.25, 0.3) is 5.56 Å². The molecular weight excluding hydrogens is 240 g/mol. The molecule has 0 atom stereocenters. The molecule has 0 aliphatic rings. The molecule has 2 aromatic heterocycles. The largest absolute Gasteiger partial charge is 0.292 e. The fourth-order valence-corrected chi connectivity index (χ4v) is 1.65. The van der Waals surface area contributed by atoms with Gasteiger partial charge in [-0.2, -0.15) is 5.10 Å². The average Bonchev–Trinajstić information content (AvgIpc) is 2.82. The second-order valence-corrected chi connectivity index (χ2v) is 3.98. The van der Waals surface area contributed by atoms with Gasteiger partial charge in [0, 0.05) is 18.9 Å². The minimum Gasteiger partial charge on any atom is -0.292 e. The van der Waals surface area contributed by atoms with Gasteiger partial charge in [-0.1, -0.05) is 18.5 Å². The van der Waals surface area contributed by atoms with Gasteiger partial charge in [0.2, 0.25) is 0 Å². The van der Waals surface area contributed by atoms with E-state index < -0.39 is 0 Å². The van der Waals surface area contributed by atoms with Gasteiger partial charge in [-0.25, -0.2) is 4.68 Å². The van der Waals surface area contributed by atoms with Gasteiger partial charge >= 0.3 is 0 Å². The van der Waals surface area contributed by atoms with Crippen LogP contribution in [0, 0.1) is 0 Å². The number of rotatable bonds is 4. The minimum absolute atomic E-state index is 0.155. The summed E-state index contributed by atoms with van der Waals surface area (Å²) >= 11 is 6.00. The first-order chi connectivity index (χ1) is 8.22. The number of nitrogens with zero attached hydrogens (tertiary/aromatic N) is 3. The summed E-state index contributed by atoms with van der Waals surface area (Å²) in [5.74, 6) is 0. The molecule has 0 aromatic carbocycles. The third-order valence-electron chi connectivity index (χ3n) is 2.27. The van der Waals surface area contributed by atoms with E-state index in [-0.39, 0.29) is 10.6 Å². The first-order valence-corrected chi connectivity index (χ1v) is 5.75. The standard InChI is InChI=1S/C11H13ClN4O/c1-2-5-16-11(17)10(12)9(8-13-16)14-15-6-3-4-7-15/h3-4,6-8,14H,2,5H2,1H3. The summed E-state index contributed by atoms with van der Waals surface area (Å²) in [5, 5.41) is 4.21. The van der Waals surface area contributed by atoms with Crippen molar-refractivity contribution in [3.8, 4) is 0 Å². The summed E-state index contributed by atoms with van der Waals surface area (Å²) in [6.45, 7) is 2.55. The van der Waals surface area contributed by atoms with Crippen LogP contribution in [-0.2, 0) is 6.54 Å². The van der Waals surface area contributed by atoms with Crippen LogP contribution < -0.4 is 11.0 Å². The molecule has 0 amide bonds. The molecular formula is C11H13ClN4O. The van der Waals surface area contributed by atoms with Crippen LogP contribution in [0.4, 0.5) is 5.69 Å². The Morgan fingerprint density at radius 2 is 2.12 bits per heavy atom. The Bertz CT molecular complexity index is 547. The van der Waals surface area contributed by atoms with E-state index in [1.807, 2.05) is 31.5 Å². The highest BCUT2D eigenvalue weighted by atomic mass is 35.5. The number of hydrogen-bond donors (Lipinski definition) is 1. The van der Waals surface area contributed by atoms with E-state index in [0.717, 1.165) is 6.42 Å². The van der Waals surface area contributed by atoms with Crippen LogP contribution in [0.2, 0.25) is 5.02 Å². The molecule has 0 aliphatic carbocycles. The quantitative estimate of drug-likeness (QED) is 0.905. The molecule has 1 N–H and O–H groups in total. The summed E-state index contributed by atoms with van der Waals surface area (Å²) in [6.07, 6.45) is 6.02. The van der Waals surface area contributed by atoms with Crippen LogP contribution in [0.3, 0.4) is 0 Å². The van der Waals surface area contributed by atoms with Gasteiger partial charge in [0.05, 0.1) is 11.9 Å². The first-order valence-electron chi connectivity index (χ1n) is 5.38. The maximum atomic E-state index is 11.8. The summed E-state index contributed by atoms with van der Waals surface area (Å²) in [4.78, 5) is 11.8. The third kappa shape index (κ3) is 2.50. The van der Waals surface area contributed by atoms with Crippen LogP contribution in [-0.4, -0.2) is 14.5 Å². The van der Waals surface area contributed by atoms with E-state index >= 15 is 0 Å². The molecule has 0 spiro atoms. The van der Waals surface area contributed by atoms with Crippen LogP contribution in [0.15, 0.2) is 35.5 Å². The number of aromatic nitrogens is 3. The maximum Gasteiger partial charge on any atom is 0.287 e. The maximum absolute atomic E-state index is 11.8. The Morgan fingerprint density at radius 3 is 2.76 bits per heavy atom. The van der Waals surface area contributed by atoms with E-state index in [1.165, 1.54) is 4.68 Å². The van der Waals surface area contributed by atoms with Gasteiger partial charge in [0.1, 0.15) is 5.02 Å². The Morgan fingerprint density at radius 1 is 1.41 bits per heavy atom. The van der Waals surface area contributed by atoms with Crippen molar-refractivity contribution < 1.29 is 0 Å². The minimum atomic E-state index is -0.273. The highest BCUT2D eigenvalue weighted by Gasteiger charge is 2.08. The van der Waals surface area contributed by atoms with Crippen LogP contribution >= 0.6 is 11.6 Å². The third-order valence-corrected chi connectivity index (χ3v) is 2.64. The number of anilines is 1. The van der Waals surface area contributed by atoms with Gasteiger partial charge in [0.15, 0.2) is 0 Å². The molecule has 5 nitrogen and oxygen atoms in total. The number of hydrogen-bond acceptors (Lipinski definition) is 3. The predicted octanol–water partition coefficient (Wildman–Crippen LogP) is 1.98. The number of halogens is 1. The smallest absolute Gasteiger partial charge is 0.287 e. The Kier molecular flexibility index (Phi) is 3.49. The molecule has 2 aromatic rings. The molecule has 90 valence electrons. The lowest BCUT2D eigenvalue weighted by Crippen LogP contribution is -2.24. The van der Waals surface area contributed by atoms with Crippen LogP contribution in [0.5, 0.6) is 0 Å². The van der Waals surface area contributed by atoms with Crippen molar-refractivity contribution in [3.63, 3.8) is 0 Å². The van der Waals surface area contributed by atoms with E-state index in [0.29, 0.717) is 12.2 Å². The zero-order valence-corrected chi connectivity index (χ0v) is 10.2. The number of nitrogens with one attached hydrogen (secondary N) is 1. The van der Waals surface area contributed by atoms with Crippen LogP contribution in [0.1, 0.15) is 13.3 Å². The molecule has 6 heteroatoms. The Labute approximate surface area is 104 Å². The van der Waals surface area contributed by atoms with Crippen molar-refractivity contribution in [1.29, 1.82) is 0 Å². The Balaban J connectivity index is 2.31. The topological polar surface area (TPSA) is 51.9 Å². The van der Waals surface area contributed by atoms with E-state index in [2.05, 4.69) is 10.5 Å². The zero-order valence-electron chi connectivity index (χ0n) is 9.43. The molecule has 2 heterocycles. The first kappa shape index (κ1) is 11.7. The van der Waals surface area contributed by atoms with Crippen molar-refractivity contribution in [3.05, 3.63) is 46.1 Å². The average molecular weight is 253 g/mol. The summed E-state index contributed by atoms with van der Waals surface area (Å²) < 4.78 is 3.07. The fourth-order valence-electron chi connectivity index (χ4n) is 1.46. The summed E-state index contributed by atoms with van der Waals surface area (Å²) in [7, 11) is 0. The molecule has 0 fully saturated rings. The van der Waals surface area contributed by atoms with E-state index in [1.54, 1.807) is 10.9 Å². The molecule has 0 saturated carbocycles. The second-order valence-electron chi connectivity index (χ2n) is 3.60. The molecule has 0 bridgehead atoms. The molecule has 0 saturated heterocycles. The van der Waals surface area contributed by atoms with Crippen molar-refractivity contribution in [1.82, 2.24) is 14.5 Å². The SMILES string of the molecule is CCCn1ncc(Nn2cccc2)c(Cl)c1=O. The molecule has 0 radical (unpaired) electrons. The van der Waals surface area contributed by atoms with Crippen LogP contribution in [0.25, 0.3) is 0 Å².